The lowest BCUT2D eigenvalue weighted by Gasteiger charge is -2.09. The van der Waals surface area contributed by atoms with Crippen LogP contribution < -0.4 is 9.47 Å². The van der Waals surface area contributed by atoms with Crippen LogP contribution >= 0.6 is 15.9 Å². The van der Waals surface area contributed by atoms with Crippen LogP contribution in [0.2, 0.25) is 0 Å². The number of carboxylic acids is 1. The molecule has 4 nitrogen and oxygen atoms in total. The standard InChI is InChI=1S/C13H13BrO4/c1-17-11-7-9(5-3-4-6-13(15)16)10(14)8-12(11)18-2/h3-8H,1-2H3,(H,15,16). The van der Waals surface area contributed by atoms with E-state index in [1.54, 1.807) is 38.5 Å². The van der Waals surface area contributed by atoms with E-state index in [9.17, 15) is 4.79 Å². The second-order valence-corrected chi connectivity index (χ2v) is 4.14. The maximum absolute atomic E-state index is 10.3. The van der Waals surface area contributed by atoms with E-state index in [1.165, 1.54) is 6.08 Å². The summed E-state index contributed by atoms with van der Waals surface area (Å²) in [5.74, 6) is 0.260. The molecule has 0 radical (unpaired) electrons. The van der Waals surface area contributed by atoms with E-state index >= 15 is 0 Å². The summed E-state index contributed by atoms with van der Waals surface area (Å²) in [6.07, 6.45) is 5.92. The number of ether oxygens (including phenoxy) is 2. The van der Waals surface area contributed by atoms with Gasteiger partial charge in [0, 0.05) is 10.5 Å². The lowest BCUT2D eigenvalue weighted by molar-refractivity contribution is -0.131. The van der Waals surface area contributed by atoms with Crippen molar-refractivity contribution < 1.29 is 19.4 Å². The molecule has 0 unspecified atom stereocenters. The summed E-state index contributed by atoms with van der Waals surface area (Å²) < 4.78 is 11.2. The molecule has 0 spiro atoms. The molecule has 96 valence electrons. The molecule has 0 aliphatic carbocycles. The summed E-state index contributed by atoms with van der Waals surface area (Å²) >= 11 is 3.41. The van der Waals surface area contributed by atoms with Gasteiger partial charge in [0.15, 0.2) is 11.5 Å². The first-order chi connectivity index (χ1) is 8.58. The van der Waals surface area contributed by atoms with Crippen molar-refractivity contribution in [1.29, 1.82) is 0 Å². The van der Waals surface area contributed by atoms with Gasteiger partial charge in [-0.15, -0.1) is 0 Å². The van der Waals surface area contributed by atoms with Crippen LogP contribution in [0.25, 0.3) is 6.08 Å². The molecule has 0 bridgehead atoms. The summed E-state index contributed by atoms with van der Waals surface area (Å²) in [4.78, 5) is 10.3. The van der Waals surface area contributed by atoms with Gasteiger partial charge in [0.1, 0.15) is 0 Å². The molecule has 0 aromatic heterocycles. The predicted octanol–water partition coefficient (Wildman–Crippen LogP) is 3.12. The molecule has 0 aliphatic rings. The molecule has 0 heterocycles. The Bertz CT molecular complexity index is 492. The van der Waals surface area contributed by atoms with Crippen LogP contribution in [0, 0.1) is 0 Å². The summed E-state index contributed by atoms with van der Waals surface area (Å²) in [5.41, 5.74) is 0.864. The number of hydrogen-bond donors (Lipinski definition) is 1. The number of rotatable bonds is 5. The summed E-state index contributed by atoms with van der Waals surface area (Å²) in [6.45, 7) is 0. The third kappa shape index (κ3) is 3.92. The van der Waals surface area contributed by atoms with Crippen LogP contribution in [-0.4, -0.2) is 25.3 Å². The van der Waals surface area contributed by atoms with Gasteiger partial charge in [-0.1, -0.05) is 34.2 Å². The third-order valence-corrected chi connectivity index (χ3v) is 2.82. The number of allylic oxidation sites excluding steroid dienone is 2. The highest BCUT2D eigenvalue weighted by atomic mass is 79.9. The average Bonchev–Trinajstić information content (AvgIpc) is 2.35. The minimum Gasteiger partial charge on any atom is -0.493 e. The number of carboxylic acid groups (broad SMARTS) is 1. The Morgan fingerprint density at radius 2 is 1.83 bits per heavy atom. The molecule has 1 rings (SSSR count). The molecule has 0 saturated carbocycles. The Kier molecular flexibility index (Phi) is 5.45. The van der Waals surface area contributed by atoms with Gasteiger partial charge in [-0.2, -0.15) is 0 Å². The van der Waals surface area contributed by atoms with Gasteiger partial charge in [0.05, 0.1) is 14.2 Å². The van der Waals surface area contributed by atoms with Crippen LogP contribution in [-0.2, 0) is 4.79 Å². The van der Waals surface area contributed by atoms with E-state index < -0.39 is 5.97 Å². The molecule has 0 atom stereocenters. The van der Waals surface area contributed by atoms with Crippen molar-refractivity contribution in [1.82, 2.24) is 0 Å². The molecule has 0 saturated heterocycles. The highest BCUT2D eigenvalue weighted by Crippen LogP contribution is 2.33. The van der Waals surface area contributed by atoms with Gasteiger partial charge >= 0.3 is 5.97 Å². The third-order valence-electron chi connectivity index (χ3n) is 2.13. The minimum atomic E-state index is -0.981. The van der Waals surface area contributed by atoms with Crippen LogP contribution in [0.3, 0.4) is 0 Å². The zero-order valence-electron chi connectivity index (χ0n) is 10.0. The maximum atomic E-state index is 10.3. The topological polar surface area (TPSA) is 55.8 Å². The number of hydrogen-bond acceptors (Lipinski definition) is 3. The Morgan fingerprint density at radius 3 is 2.39 bits per heavy atom. The Labute approximate surface area is 114 Å². The van der Waals surface area contributed by atoms with E-state index in [4.69, 9.17) is 14.6 Å². The predicted molar refractivity (Wildman–Crippen MR) is 73.1 cm³/mol. The molecule has 0 aliphatic heterocycles. The number of aliphatic carboxylic acids is 1. The summed E-state index contributed by atoms with van der Waals surface area (Å²) in [6, 6.07) is 3.59. The van der Waals surface area contributed by atoms with Gasteiger partial charge in [0.25, 0.3) is 0 Å². The lowest BCUT2D eigenvalue weighted by atomic mass is 10.2. The van der Waals surface area contributed by atoms with Crippen molar-refractivity contribution in [3.63, 3.8) is 0 Å². The molecule has 0 amide bonds. The van der Waals surface area contributed by atoms with Crippen molar-refractivity contribution in [2.24, 2.45) is 0 Å². The number of methoxy groups -OCH3 is 2. The fourth-order valence-electron chi connectivity index (χ4n) is 1.29. The smallest absolute Gasteiger partial charge is 0.328 e. The van der Waals surface area contributed by atoms with Gasteiger partial charge in [-0.25, -0.2) is 4.79 Å². The van der Waals surface area contributed by atoms with Gasteiger partial charge in [-0.3, -0.25) is 0 Å². The Balaban J connectivity index is 2.99. The fourth-order valence-corrected chi connectivity index (χ4v) is 1.75. The first-order valence-corrected chi connectivity index (χ1v) is 5.87. The number of carbonyl (C=O) groups is 1. The highest BCUT2D eigenvalue weighted by Gasteiger charge is 2.07. The molecule has 18 heavy (non-hydrogen) atoms. The second kappa shape index (κ2) is 6.86. The Hall–Kier alpha value is -1.75. The molecule has 5 heteroatoms. The van der Waals surface area contributed by atoms with E-state index in [2.05, 4.69) is 15.9 Å². The zero-order chi connectivity index (χ0) is 13.5. The number of benzene rings is 1. The molecule has 1 aromatic rings. The normalized spacial score (nSPS) is 11.1. The highest BCUT2D eigenvalue weighted by molar-refractivity contribution is 9.10. The molecule has 1 N–H and O–H groups in total. The van der Waals surface area contributed by atoms with Gasteiger partial charge in [0.2, 0.25) is 0 Å². The van der Waals surface area contributed by atoms with E-state index in [1.807, 2.05) is 0 Å². The van der Waals surface area contributed by atoms with E-state index in [0.717, 1.165) is 16.1 Å². The van der Waals surface area contributed by atoms with Crippen LogP contribution in [0.1, 0.15) is 5.56 Å². The first-order valence-electron chi connectivity index (χ1n) is 5.07. The monoisotopic (exact) mass is 312 g/mol. The van der Waals surface area contributed by atoms with Crippen LogP contribution in [0.4, 0.5) is 0 Å². The summed E-state index contributed by atoms with van der Waals surface area (Å²) in [5, 5.41) is 8.45. The van der Waals surface area contributed by atoms with Crippen molar-refractivity contribution in [3.05, 3.63) is 40.4 Å². The van der Waals surface area contributed by atoms with Crippen molar-refractivity contribution in [2.75, 3.05) is 14.2 Å². The maximum Gasteiger partial charge on any atom is 0.328 e. The van der Waals surface area contributed by atoms with Crippen LogP contribution in [0.5, 0.6) is 11.5 Å². The fraction of sp³-hybridized carbons (Fsp3) is 0.154. The molecule has 0 fully saturated rings. The van der Waals surface area contributed by atoms with Crippen molar-refractivity contribution in [3.8, 4) is 11.5 Å². The average molecular weight is 313 g/mol. The number of halogens is 1. The van der Waals surface area contributed by atoms with Crippen LogP contribution in [0.15, 0.2) is 34.8 Å². The van der Waals surface area contributed by atoms with Gasteiger partial charge in [-0.05, 0) is 17.7 Å². The lowest BCUT2D eigenvalue weighted by Crippen LogP contribution is -1.91. The van der Waals surface area contributed by atoms with Gasteiger partial charge < -0.3 is 14.6 Å². The summed E-state index contributed by atoms with van der Waals surface area (Å²) in [7, 11) is 3.12. The Morgan fingerprint density at radius 1 is 1.22 bits per heavy atom. The first kappa shape index (κ1) is 14.3. The zero-order valence-corrected chi connectivity index (χ0v) is 11.6. The van der Waals surface area contributed by atoms with E-state index in [-0.39, 0.29) is 0 Å². The largest absolute Gasteiger partial charge is 0.493 e. The SMILES string of the molecule is COc1cc(Br)c(C=CC=CC(=O)O)cc1OC. The minimum absolute atomic E-state index is 0.613. The van der Waals surface area contributed by atoms with E-state index in [0.29, 0.717) is 11.5 Å². The quantitative estimate of drug-likeness (QED) is 0.670. The molecule has 1 aromatic carbocycles. The second-order valence-electron chi connectivity index (χ2n) is 3.29. The molecular formula is C13H13BrO4. The van der Waals surface area contributed by atoms with Crippen molar-refractivity contribution in [2.45, 2.75) is 0 Å². The van der Waals surface area contributed by atoms with Crippen molar-refractivity contribution >= 4 is 28.0 Å². The molecular weight excluding hydrogens is 300 g/mol.